The molecule has 16 heavy (non-hydrogen) atoms. The van der Waals surface area contributed by atoms with Gasteiger partial charge in [-0.1, -0.05) is 92.8 Å². The van der Waals surface area contributed by atoms with E-state index in [1.54, 1.807) is 0 Å². The summed E-state index contributed by atoms with van der Waals surface area (Å²) in [6.07, 6.45) is 0. The molecule has 0 aliphatic heterocycles. The van der Waals surface area contributed by atoms with Gasteiger partial charge in [-0.2, -0.15) is 0 Å². The van der Waals surface area contributed by atoms with E-state index in [1.807, 2.05) is 24.3 Å². The van der Waals surface area contributed by atoms with Crippen LogP contribution >= 0.6 is 47.8 Å². The highest BCUT2D eigenvalue weighted by molar-refractivity contribution is 9.40. The third-order valence-corrected chi connectivity index (χ3v) is 3.32. The molecule has 0 atom stereocenters. The van der Waals surface area contributed by atoms with E-state index in [4.69, 9.17) is 0 Å². The molecular weight excluding hydrogens is 400 g/mol. The summed E-state index contributed by atoms with van der Waals surface area (Å²) in [5, 5.41) is 0. The Morgan fingerprint density at radius 2 is 1.56 bits per heavy atom. The van der Waals surface area contributed by atoms with Gasteiger partial charge in [-0.25, -0.2) is 0 Å². The molecule has 0 heterocycles. The van der Waals surface area contributed by atoms with Crippen LogP contribution in [-0.4, -0.2) is 7.93 Å². The summed E-state index contributed by atoms with van der Waals surface area (Å²) in [6, 6.07) is 7.67. The van der Waals surface area contributed by atoms with Crippen LogP contribution in [0.25, 0.3) is 0 Å². The lowest BCUT2D eigenvalue weighted by molar-refractivity contribution is 0.100. The monoisotopic (exact) mass is 410 g/mol. The minimum absolute atomic E-state index is 0.0296. The SMILES string of the molecule is CC(C)(C)c1ccccc1C(=O)C(Br)(Br)Br. The van der Waals surface area contributed by atoms with Crippen molar-refractivity contribution in [3.05, 3.63) is 35.4 Å². The van der Waals surface area contributed by atoms with Crippen molar-refractivity contribution in [1.29, 1.82) is 0 Å². The van der Waals surface area contributed by atoms with Crippen molar-refractivity contribution in [3.63, 3.8) is 0 Å². The molecule has 0 spiro atoms. The molecule has 0 saturated carbocycles. The Bertz CT molecular complexity index is 399. The van der Waals surface area contributed by atoms with Crippen molar-refractivity contribution < 1.29 is 4.79 Å². The van der Waals surface area contributed by atoms with E-state index in [0.717, 1.165) is 11.1 Å². The maximum Gasteiger partial charge on any atom is 0.201 e. The maximum absolute atomic E-state index is 12.2. The van der Waals surface area contributed by atoms with E-state index < -0.39 is 2.14 Å². The predicted octanol–water partition coefficient (Wildman–Crippen LogP) is 5.01. The van der Waals surface area contributed by atoms with Gasteiger partial charge in [0, 0.05) is 5.56 Å². The molecule has 0 N–H and O–H groups in total. The summed E-state index contributed by atoms with van der Waals surface area (Å²) >= 11 is 9.80. The van der Waals surface area contributed by atoms with Gasteiger partial charge in [0.1, 0.15) is 0 Å². The van der Waals surface area contributed by atoms with Crippen molar-refractivity contribution in [2.24, 2.45) is 0 Å². The highest BCUT2D eigenvalue weighted by atomic mass is 80.0. The molecule has 0 aliphatic carbocycles. The Labute approximate surface area is 121 Å². The van der Waals surface area contributed by atoms with E-state index in [-0.39, 0.29) is 11.2 Å². The fraction of sp³-hybridized carbons (Fsp3) is 0.417. The normalized spacial score (nSPS) is 12.6. The molecule has 0 bridgehead atoms. The Kier molecular flexibility index (Phi) is 4.41. The fourth-order valence-electron chi connectivity index (χ4n) is 1.49. The molecule has 0 fully saturated rings. The lowest BCUT2D eigenvalue weighted by Gasteiger charge is -2.23. The Morgan fingerprint density at radius 1 is 1.06 bits per heavy atom. The van der Waals surface area contributed by atoms with E-state index in [1.165, 1.54) is 0 Å². The van der Waals surface area contributed by atoms with Crippen molar-refractivity contribution in [1.82, 2.24) is 0 Å². The number of benzene rings is 1. The number of Topliss-reactive ketones (excluding diaryl/α,β-unsaturated/α-hetero) is 1. The molecule has 1 rings (SSSR count). The molecule has 4 heteroatoms. The largest absolute Gasteiger partial charge is 0.291 e. The second kappa shape index (κ2) is 4.91. The van der Waals surface area contributed by atoms with Crippen LogP contribution < -0.4 is 0 Å². The maximum atomic E-state index is 12.2. The Balaban J connectivity index is 3.31. The highest BCUT2D eigenvalue weighted by Crippen LogP contribution is 2.39. The number of hydrogen-bond acceptors (Lipinski definition) is 1. The Hall–Kier alpha value is 0.330. The van der Waals surface area contributed by atoms with E-state index in [2.05, 4.69) is 68.6 Å². The van der Waals surface area contributed by atoms with E-state index >= 15 is 0 Å². The minimum Gasteiger partial charge on any atom is -0.291 e. The summed E-state index contributed by atoms with van der Waals surface area (Å²) in [7, 11) is 0. The lowest BCUT2D eigenvalue weighted by Crippen LogP contribution is -2.23. The van der Waals surface area contributed by atoms with Crippen molar-refractivity contribution >= 4 is 53.6 Å². The number of alkyl halides is 3. The molecule has 1 aromatic rings. The average molecular weight is 413 g/mol. The van der Waals surface area contributed by atoms with Gasteiger partial charge in [-0.05, 0) is 11.0 Å². The number of carbonyl (C=O) groups is 1. The molecule has 88 valence electrons. The van der Waals surface area contributed by atoms with Gasteiger partial charge in [-0.15, -0.1) is 0 Å². The quantitative estimate of drug-likeness (QED) is 0.468. The summed E-state index contributed by atoms with van der Waals surface area (Å²) in [5.74, 6) is -0.0296. The number of hydrogen-bond donors (Lipinski definition) is 0. The summed E-state index contributed by atoms with van der Waals surface area (Å²) in [6.45, 7) is 6.28. The first-order valence-corrected chi connectivity index (χ1v) is 7.23. The number of carbonyl (C=O) groups excluding carboxylic acids is 1. The third kappa shape index (κ3) is 3.41. The second-order valence-corrected chi connectivity index (χ2v) is 11.4. The topological polar surface area (TPSA) is 17.1 Å². The van der Waals surface area contributed by atoms with Crippen LogP contribution in [0.2, 0.25) is 0 Å². The first-order valence-electron chi connectivity index (χ1n) is 4.85. The standard InChI is InChI=1S/C12H13Br3O/c1-11(2,3)9-7-5-4-6-8(9)10(16)12(13,14)15/h4-7H,1-3H3. The van der Waals surface area contributed by atoms with Crippen LogP contribution in [0.1, 0.15) is 36.7 Å². The zero-order valence-corrected chi connectivity index (χ0v) is 14.1. The smallest absolute Gasteiger partial charge is 0.201 e. The first kappa shape index (κ1) is 14.4. The van der Waals surface area contributed by atoms with Gasteiger partial charge < -0.3 is 0 Å². The van der Waals surface area contributed by atoms with E-state index in [9.17, 15) is 4.79 Å². The molecular formula is C12H13Br3O. The molecule has 1 nitrogen and oxygen atoms in total. The van der Waals surface area contributed by atoms with Gasteiger partial charge in [0.15, 0.2) is 2.14 Å². The van der Waals surface area contributed by atoms with Gasteiger partial charge in [0.05, 0.1) is 0 Å². The molecule has 0 aliphatic rings. The van der Waals surface area contributed by atoms with Gasteiger partial charge in [-0.3, -0.25) is 4.79 Å². The first-order chi connectivity index (χ1) is 7.14. The molecule has 0 radical (unpaired) electrons. The van der Waals surface area contributed by atoms with Crippen molar-refractivity contribution in [2.45, 2.75) is 28.3 Å². The fourth-order valence-corrected chi connectivity index (χ4v) is 2.13. The number of ketones is 1. The van der Waals surface area contributed by atoms with Crippen LogP contribution in [0, 0.1) is 0 Å². The van der Waals surface area contributed by atoms with Crippen LogP contribution in [0.4, 0.5) is 0 Å². The van der Waals surface area contributed by atoms with Crippen LogP contribution in [-0.2, 0) is 5.41 Å². The number of rotatable bonds is 1. The summed E-state index contributed by atoms with van der Waals surface area (Å²) in [4.78, 5) is 12.2. The average Bonchev–Trinajstić information content (AvgIpc) is 2.14. The zero-order chi connectivity index (χ0) is 12.6. The number of halogens is 3. The van der Waals surface area contributed by atoms with Crippen LogP contribution in [0.3, 0.4) is 0 Å². The minimum atomic E-state index is -0.881. The molecule has 0 aromatic heterocycles. The Morgan fingerprint density at radius 3 is 2.00 bits per heavy atom. The molecule has 0 amide bonds. The molecule has 0 unspecified atom stereocenters. The van der Waals surface area contributed by atoms with Crippen LogP contribution in [0.15, 0.2) is 24.3 Å². The van der Waals surface area contributed by atoms with E-state index in [0.29, 0.717) is 0 Å². The highest BCUT2D eigenvalue weighted by Gasteiger charge is 2.33. The summed E-state index contributed by atoms with van der Waals surface area (Å²) in [5.41, 5.74) is 1.72. The summed E-state index contributed by atoms with van der Waals surface area (Å²) < 4.78 is -0.881. The zero-order valence-electron chi connectivity index (χ0n) is 9.35. The third-order valence-electron chi connectivity index (χ3n) is 2.24. The van der Waals surface area contributed by atoms with Crippen molar-refractivity contribution in [2.75, 3.05) is 0 Å². The molecule has 1 aromatic carbocycles. The van der Waals surface area contributed by atoms with Crippen molar-refractivity contribution in [3.8, 4) is 0 Å². The second-order valence-electron chi connectivity index (χ2n) is 4.62. The van der Waals surface area contributed by atoms with Gasteiger partial charge >= 0.3 is 0 Å². The lowest BCUT2D eigenvalue weighted by atomic mass is 9.83. The van der Waals surface area contributed by atoms with Crippen LogP contribution in [0.5, 0.6) is 0 Å². The van der Waals surface area contributed by atoms with Gasteiger partial charge in [0.25, 0.3) is 0 Å². The predicted molar refractivity (Wildman–Crippen MR) is 79.0 cm³/mol. The molecule has 0 saturated heterocycles. The van der Waals surface area contributed by atoms with Gasteiger partial charge in [0.2, 0.25) is 5.78 Å².